The quantitative estimate of drug-likeness (QED) is 0.159. The average Bonchev–Trinajstić information content (AvgIpc) is 3.32. The van der Waals surface area contributed by atoms with Gasteiger partial charge in [0.1, 0.15) is 0 Å². The first kappa shape index (κ1) is 24.9. The summed E-state index contributed by atoms with van der Waals surface area (Å²) in [6, 6.07) is 53.1. The Bertz CT molecular complexity index is 3370. The van der Waals surface area contributed by atoms with Gasteiger partial charge in [0.05, 0.1) is 16.7 Å². The summed E-state index contributed by atoms with van der Waals surface area (Å²) in [7, 11) is 0. The van der Waals surface area contributed by atoms with Crippen LogP contribution in [0.2, 0.25) is 0 Å². The fourth-order valence-corrected chi connectivity index (χ4v) is 7.56. The molecule has 0 amide bonds. The Kier molecular flexibility index (Phi) is 6.33. The molecule has 0 N–H and O–H groups in total. The summed E-state index contributed by atoms with van der Waals surface area (Å²) in [4.78, 5) is 1.39. The van der Waals surface area contributed by atoms with E-state index in [1.807, 2.05) is 133 Å². The van der Waals surface area contributed by atoms with Crippen molar-refractivity contribution in [2.45, 2.75) is 0 Å². The molecule has 0 saturated heterocycles. The van der Waals surface area contributed by atoms with Gasteiger partial charge in [-0.3, -0.25) is 0 Å². The zero-order valence-electron chi connectivity index (χ0n) is 37.7. The molecule has 0 aliphatic rings. The standard InChI is InChI=1S/C54H37N/c1-2-15-45(16-3-1)54-51-21-9-6-14-42(51)32-37-52(54)44-30-35-47(36-31-44)55(53-23-11-18-41-13-5-8-20-50(41)53)46-33-28-39(29-34-46)38-24-26-43(27-25-38)49-22-10-17-40-12-4-7-19-48(40)49/h1-37H/i28D,29D,30D,31D,33D,34D,35D,36D. The molecule has 0 radical (unpaired) electrons. The summed E-state index contributed by atoms with van der Waals surface area (Å²) in [5, 5.41) is 5.51. The minimum atomic E-state index is -0.393. The van der Waals surface area contributed by atoms with E-state index in [-0.39, 0.29) is 58.8 Å². The van der Waals surface area contributed by atoms with Gasteiger partial charge in [-0.2, -0.15) is 0 Å². The number of nitrogens with zero attached hydrogens (tertiary/aromatic N) is 1. The zero-order chi connectivity index (χ0) is 43.5. The third-order valence-electron chi connectivity index (χ3n) is 10.2. The third-order valence-corrected chi connectivity index (χ3v) is 10.2. The van der Waals surface area contributed by atoms with Gasteiger partial charge in [-0.1, -0.05) is 194 Å². The van der Waals surface area contributed by atoms with Crippen molar-refractivity contribution in [1.82, 2.24) is 0 Å². The number of hydrogen-bond donors (Lipinski definition) is 0. The maximum Gasteiger partial charge on any atom is 0.0645 e. The summed E-state index contributed by atoms with van der Waals surface area (Å²) < 4.78 is 76.8. The molecule has 0 fully saturated rings. The molecule has 0 unspecified atom stereocenters. The van der Waals surface area contributed by atoms with Gasteiger partial charge < -0.3 is 4.90 Å². The Morgan fingerprint density at radius 1 is 0.291 bits per heavy atom. The maximum atomic E-state index is 9.72. The second-order valence-electron chi connectivity index (χ2n) is 13.5. The molecule has 1 nitrogen and oxygen atoms in total. The Morgan fingerprint density at radius 3 is 1.49 bits per heavy atom. The topological polar surface area (TPSA) is 3.24 Å². The molecule has 1 heteroatoms. The second-order valence-corrected chi connectivity index (χ2v) is 13.5. The van der Waals surface area contributed by atoms with Crippen molar-refractivity contribution in [3.63, 3.8) is 0 Å². The van der Waals surface area contributed by atoms with Crippen molar-refractivity contribution in [2.24, 2.45) is 0 Å². The highest BCUT2D eigenvalue weighted by Crippen LogP contribution is 2.42. The predicted octanol–water partition coefficient (Wildman–Crippen LogP) is 15.3. The van der Waals surface area contributed by atoms with Crippen molar-refractivity contribution in [2.75, 3.05) is 4.90 Å². The zero-order valence-corrected chi connectivity index (χ0v) is 29.7. The number of benzene rings is 10. The molecule has 258 valence electrons. The van der Waals surface area contributed by atoms with Crippen molar-refractivity contribution in [3.8, 4) is 44.5 Å². The molecule has 0 aromatic heterocycles. The van der Waals surface area contributed by atoms with Crippen LogP contribution in [0, 0.1) is 0 Å². The van der Waals surface area contributed by atoms with E-state index in [0.29, 0.717) is 22.2 Å². The monoisotopic (exact) mass is 707 g/mol. The van der Waals surface area contributed by atoms with Crippen molar-refractivity contribution < 1.29 is 11.0 Å². The lowest BCUT2D eigenvalue weighted by atomic mass is 9.90. The number of fused-ring (bicyclic) bond motifs is 3. The summed E-state index contributed by atoms with van der Waals surface area (Å²) in [6.45, 7) is 0. The van der Waals surface area contributed by atoms with Crippen molar-refractivity contribution in [3.05, 3.63) is 224 Å². The van der Waals surface area contributed by atoms with Gasteiger partial charge in [0.15, 0.2) is 0 Å². The molecule has 0 heterocycles. The Morgan fingerprint density at radius 2 is 0.800 bits per heavy atom. The first-order chi connectivity index (χ1) is 30.6. The highest BCUT2D eigenvalue weighted by atomic mass is 15.1. The molecule has 0 atom stereocenters. The van der Waals surface area contributed by atoms with Crippen LogP contribution in [0.3, 0.4) is 0 Å². The van der Waals surface area contributed by atoms with Crippen molar-refractivity contribution >= 4 is 49.4 Å². The smallest absolute Gasteiger partial charge is 0.0645 e. The molecule has 10 aromatic carbocycles. The lowest BCUT2D eigenvalue weighted by Crippen LogP contribution is -2.10. The first-order valence-corrected chi connectivity index (χ1v) is 18.3. The summed E-state index contributed by atoms with van der Waals surface area (Å²) in [6.07, 6.45) is 0. The van der Waals surface area contributed by atoms with E-state index < -0.39 is 12.1 Å². The van der Waals surface area contributed by atoms with E-state index >= 15 is 0 Å². The minimum absolute atomic E-state index is 0.107. The van der Waals surface area contributed by atoms with E-state index in [0.717, 1.165) is 49.2 Å². The van der Waals surface area contributed by atoms with Gasteiger partial charge in [-0.15, -0.1) is 0 Å². The minimum Gasteiger partial charge on any atom is -0.310 e. The third kappa shape index (κ3) is 6.02. The van der Waals surface area contributed by atoms with E-state index in [1.54, 1.807) is 24.3 Å². The molecule has 0 saturated carbocycles. The Hall–Kier alpha value is -7.22. The number of hydrogen-bond acceptors (Lipinski definition) is 1. The largest absolute Gasteiger partial charge is 0.310 e. The van der Waals surface area contributed by atoms with E-state index in [1.165, 1.54) is 4.90 Å². The van der Waals surface area contributed by atoms with Gasteiger partial charge in [0.2, 0.25) is 0 Å². The van der Waals surface area contributed by atoms with Crippen LogP contribution in [0.4, 0.5) is 17.1 Å². The summed E-state index contributed by atoms with van der Waals surface area (Å²) >= 11 is 0. The van der Waals surface area contributed by atoms with E-state index in [9.17, 15) is 11.0 Å². The fourth-order valence-electron chi connectivity index (χ4n) is 7.56. The summed E-state index contributed by atoms with van der Waals surface area (Å²) in [5.41, 5.74) is 4.83. The molecule has 0 bridgehead atoms. The van der Waals surface area contributed by atoms with Crippen LogP contribution in [0.1, 0.15) is 11.0 Å². The highest BCUT2D eigenvalue weighted by molar-refractivity contribution is 6.05. The Labute approximate surface area is 333 Å². The predicted molar refractivity (Wildman–Crippen MR) is 235 cm³/mol. The highest BCUT2D eigenvalue weighted by Gasteiger charge is 2.17. The number of rotatable bonds is 7. The first-order valence-electron chi connectivity index (χ1n) is 22.3. The maximum absolute atomic E-state index is 9.72. The van der Waals surface area contributed by atoms with Gasteiger partial charge >= 0.3 is 0 Å². The number of anilines is 3. The van der Waals surface area contributed by atoms with E-state index in [2.05, 4.69) is 18.2 Å². The van der Waals surface area contributed by atoms with Gasteiger partial charge in [-0.25, -0.2) is 0 Å². The molecule has 55 heavy (non-hydrogen) atoms. The van der Waals surface area contributed by atoms with Crippen LogP contribution < -0.4 is 4.90 Å². The SMILES string of the molecule is [2H]c1c([2H])c(N(c2c([2H])c([2H])c(-c3ccc4ccccc4c3-c3ccccc3)c([2H])c2[2H])c2cccc3ccccc23)c([2H])c([2H])c1-c1ccc(-c2cccc3ccccc23)cc1. The van der Waals surface area contributed by atoms with Gasteiger partial charge in [-0.05, 0) is 102 Å². The van der Waals surface area contributed by atoms with Crippen LogP contribution >= 0.6 is 0 Å². The van der Waals surface area contributed by atoms with Gasteiger partial charge in [0, 0.05) is 16.8 Å². The lowest BCUT2D eigenvalue weighted by Gasteiger charge is -2.27. The average molecular weight is 708 g/mol. The van der Waals surface area contributed by atoms with E-state index in [4.69, 9.17) is 0 Å². The van der Waals surface area contributed by atoms with Crippen LogP contribution in [0.25, 0.3) is 76.8 Å². The van der Waals surface area contributed by atoms with Crippen LogP contribution in [-0.2, 0) is 0 Å². The normalized spacial score (nSPS) is 13.3. The molecule has 0 spiro atoms. The molecular formula is C54H37N. The fraction of sp³-hybridized carbons (Fsp3) is 0. The van der Waals surface area contributed by atoms with Crippen molar-refractivity contribution in [1.29, 1.82) is 0 Å². The molecule has 0 aliphatic heterocycles. The molecule has 0 aliphatic carbocycles. The Balaban J connectivity index is 1.19. The van der Waals surface area contributed by atoms with Crippen LogP contribution in [0.5, 0.6) is 0 Å². The molecular weight excluding hydrogens is 663 g/mol. The van der Waals surface area contributed by atoms with Crippen LogP contribution in [0.15, 0.2) is 224 Å². The second kappa shape index (κ2) is 14.0. The van der Waals surface area contributed by atoms with Crippen LogP contribution in [-0.4, -0.2) is 0 Å². The summed E-state index contributed by atoms with van der Waals surface area (Å²) in [5.74, 6) is 0. The molecule has 10 rings (SSSR count). The lowest BCUT2D eigenvalue weighted by molar-refractivity contribution is 1.30. The van der Waals surface area contributed by atoms with Gasteiger partial charge in [0.25, 0.3) is 0 Å². The molecule has 10 aromatic rings.